The number of sulfonamides is 1. The Labute approximate surface area is 133 Å². The van der Waals surface area contributed by atoms with Crippen LogP contribution in [0.2, 0.25) is 5.02 Å². The first kappa shape index (κ1) is 16.4. The van der Waals surface area contributed by atoms with Crippen molar-refractivity contribution >= 4 is 33.0 Å². The number of halogens is 1. The molecule has 21 heavy (non-hydrogen) atoms. The number of rotatable bonds is 6. The predicted molar refractivity (Wildman–Crippen MR) is 85.1 cm³/mol. The maximum atomic E-state index is 12.2. The van der Waals surface area contributed by atoms with Crippen molar-refractivity contribution in [3.05, 3.63) is 44.9 Å². The van der Waals surface area contributed by atoms with Crippen molar-refractivity contribution < 1.29 is 8.42 Å². The molecule has 0 atom stereocenters. The van der Waals surface area contributed by atoms with E-state index in [9.17, 15) is 8.42 Å². The summed E-state index contributed by atoms with van der Waals surface area (Å²) in [6.07, 6.45) is 0. The summed E-state index contributed by atoms with van der Waals surface area (Å²) in [5, 5.41) is 6.02. The summed E-state index contributed by atoms with van der Waals surface area (Å²) in [5.41, 5.74) is 1.74. The van der Waals surface area contributed by atoms with Crippen LogP contribution in [0.25, 0.3) is 0 Å². The van der Waals surface area contributed by atoms with Crippen molar-refractivity contribution in [2.24, 2.45) is 0 Å². The van der Waals surface area contributed by atoms with Crippen molar-refractivity contribution in [1.29, 1.82) is 0 Å². The zero-order chi connectivity index (χ0) is 15.5. The zero-order valence-corrected chi connectivity index (χ0v) is 14.1. The third-order valence-electron chi connectivity index (χ3n) is 2.78. The van der Waals surface area contributed by atoms with Gasteiger partial charge in [0.2, 0.25) is 10.0 Å². The van der Waals surface area contributed by atoms with Crippen LogP contribution in [0.3, 0.4) is 0 Å². The van der Waals surface area contributed by atoms with Gasteiger partial charge in [0.15, 0.2) is 0 Å². The summed E-state index contributed by atoms with van der Waals surface area (Å²) in [6, 6.07) is 4.72. The fraction of sp³-hybridized carbons (Fsp3) is 0.308. The maximum Gasteiger partial charge on any atom is 0.241 e. The molecule has 0 fully saturated rings. The number of aromatic nitrogens is 1. The van der Waals surface area contributed by atoms with E-state index in [1.807, 2.05) is 12.3 Å². The largest absolute Gasteiger partial charge is 0.316 e. The Kier molecular flexibility index (Phi) is 5.34. The summed E-state index contributed by atoms with van der Waals surface area (Å²) < 4.78 is 27.0. The standard InChI is InChI=1S/C13H16ClN3O2S2/c1-9-8-20-13(17-9)7-16-21(18,19)11-4-3-10(6-15-2)12(14)5-11/h3-5,8,15-16H,6-7H2,1-2H3. The fourth-order valence-electron chi connectivity index (χ4n) is 1.75. The molecule has 1 aromatic carbocycles. The lowest BCUT2D eigenvalue weighted by atomic mass is 10.2. The minimum atomic E-state index is -3.59. The Balaban J connectivity index is 2.13. The van der Waals surface area contributed by atoms with Crippen LogP contribution < -0.4 is 10.0 Å². The van der Waals surface area contributed by atoms with Gasteiger partial charge in [0.05, 0.1) is 11.4 Å². The molecule has 0 bridgehead atoms. The first-order chi connectivity index (χ1) is 9.92. The Morgan fingerprint density at radius 2 is 2.10 bits per heavy atom. The number of nitrogens with zero attached hydrogens (tertiary/aromatic N) is 1. The summed E-state index contributed by atoms with van der Waals surface area (Å²) >= 11 is 7.52. The Hall–Kier alpha value is -0.990. The van der Waals surface area contributed by atoms with Gasteiger partial charge in [-0.05, 0) is 31.7 Å². The summed E-state index contributed by atoms with van der Waals surface area (Å²) in [4.78, 5) is 4.37. The maximum absolute atomic E-state index is 12.2. The summed E-state index contributed by atoms with van der Waals surface area (Å²) in [5.74, 6) is 0. The number of nitrogens with one attached hydrogen (secondary N) is 2. The average molecular weight is 346 g/mol. The van der Waals surface area contributed by atoms with E-state index >= 15 is 0 Å². The van der Waals surface area contributed by atoms with Crippen LogP contribution in [0.15, 0.2) is 28.5 Å². The van der Waals surface area contributed by atoms with E-state index < -0.39 is 10.0 Å². The highest BCUT2D eigenvalue weighted by atomic mass is 35.5. The number of benzene rings is 1. The normalized spacial score (nSPS) is 11.8. The minimum absolute atomic E-state index is 0.153. The fourth-order valence-corrected chi connectivity index (χ4v) is 3.88. The highest BCUT2D eigenvalue weighted by Gasteiger charge is 2.16. The lowest BCUT2D eigenvalue weighted by Gasteiger charge is -2.08. The summed E-state index contributed by atoms with van der Waals surface area (Å²) in [6.45, 7) is 2.64. The molecule has 2 N–H and O–H groups in total. The van der Waals surface area contributed by atoms with Crippen molar-refractivity contribution in [2.75, 3.05) is 7.05 Å². The van der Waals surface area contributed by atoms with Crippen LogP contribution in [0, 0.1) is 6.92 Å². The predicted octanol–water partition coefficient (Wildman–Crippen LogP) is 2.30. The molecular formula is C13H16ClN3O2S2. The second kappa shape index (κ2) is 6.85. The second-order valence-corrected chi connectivity index (χ2v) is 7.61. The molecule has 8 heteroatoms. The van der Waals surface area contributed by atoms with Crippen molar-refractivity contribution in [3.63, 3.8) is 0 Å². The number of thiazole rings is 1. The van der Waals surface area contributed by atoms with Crippen LogP contribution >= 0.6 is 22.9 Å². The molecule has 0 aliphatic heterocycles. The minimum Gasteiger partial charge on any atom is -0.316 e. The Bertz CT molecular complexity index is 729. The second-order valence-electron chi connectivity index (χ2n) is 4.49. The molecule has 0 saturated carbocycles. The van der Waals surface area contributed by atoms with Gasteiger partial charge in [0.25, 0.3) is 0 Å². The molecule has 0 saturated heterocycles. The Morgan fingerprint density at radius 3 is 2.67 bits per heavy atom. The zero-order valence-electron chi connectivity index (χ0n) is 11.7. The monoisotopic (exact) mass is 345 g/mol. The van der Waals surface area contributed by atoms with Gasteiger partial charge in [-0.2, -0.15) is 0 Å². The highest BCUT2D eigenvalue weighted by Crippen LogP contribution is 2.21. The third kappa shape index (κ3) is 4.24. The highest BCUT2D eigenvalue weighted by molar-refractivity contribution is 7.89. The van der Waals surface area contributed by atoms with Gasteiger partial charge in [0.1, 0.15) is 5.01 Å². The molecule has 0 aliphatic carbocycles. The van der Waals surface area contributed by atoms with Crippen LogP contribution in [0.5, 0.6) is 0 Å². The quantitative estimate of drug-likeness (QED) is 0.842. The molecule has 2 rings (SSSR count). The van der Waals surface area contributed by atoms with Crippen molar-refractivity contribution in [2.45, 2.75) is 24.9 Å². The van der Waals surface area contributed by atoms with E-state index in [1.165, 1.54) is 17.4 Å². The first-order valence-electron chi connectivity index (χ1n) is 6.26. The van der Waals surface area contributed by atoms with Gasteiger partial charge >= 0.3 is 0 Å². The summed E-state index contributed by atoms with van der Waals surface area (Å²) in [7, 11) is -1.79. The molecule has 0 radical (unpaired) electrons. The SMILES string of the molecule is CNCc1ccc(S(=O)(=O)NCc2nc(C)cs2)cc1Cl. The molecule has 1 aromatic heterocycles. The van der Waals surface area contributed by atoms with Crippen LogP contribution in [0.4, 0.5) is 0 Å². The van der Waals surface area contributed by atoms with Crippen LogP contribution in [-0.2, 0) is 23.1 Å². The Morgan fingerprint density at radius 1 is 1.33 bits per heavy atom. The lowest BCUT2D eigenvalue weighted by molar-refractivity contribution is 0.581. The molecule has 0 unspecified atom stereocenters. The number of aryl methyl sites for hydroxylation is 1. The van der Waals surface area contributed by atoms with Crippen LogP contribution in [-0.4, -0.2) is 20.4 Å². The van der Waals surface area contributed by atoms with E-state index in [0.29, 0.717) is 11.6 Å². The van der Waals surface area contributed by atoms with E-state index in [1.54, 1.807) is 19.2 Å². The first-order valence-corrected chi connectivity index (χ1v) is 9.00. The van der Waals surface area contributed by atoms with E-state index in [4.69, 9.17) is 11.6 Å². The molecule has 0 spiro atoms. The van der Waals surface area contributed by atoms with E-state index in [0.717, 1.165) is 16.3 Å². The molecular weight excluding hydrogens is 330 g/mol. The molecule has 5 nitrogen and oxygen atoms in total. The third-order valence-corrected chi connectivity index (χ3v) is 5.50. The molecule has 0 aliphatic rings. The van der Waals surface area contributed by atoms with Gasteiger partial charge < -0.3 is 5.32 Å². The number of hydrogen-bond acceptors (Lipinski definition) is 5. The van der Waals surface area contributed by atoms with Gasteiger partial charge in [-0.1, -0.05) is 17.7 Å². The molecule has 2 aromatic rings. The molecule has 1 heterocycles. The van der Waals surface area contributed by atoms with Gasteiger partial charge in [-0.25, -0.2) is 18.1 Å². The van der Waals surface area contributed by atoms with E-state index in [2.05, 4.69) is 15.0 Å². The molecule has 0 amide bonds. The van der Waals surface area contributed by atoms with E-state index in [-0.39, 0.29) is 11.4 Å². The molecule has 114 valence electrons. The average Bonchev–Trinajstić information content (AvgIpc) is 2.85. The van der Waals surface area contributed by atoms with Gasteiger partial charge in [-0.3, -0.25) is 0 Å². The smallest absolute Gasteiger partial charge is 0.241 e. The lowest BCUT2D eigenvalue weighted by Crippen LogP contribution is -2.23. The topological polar surface area (TPSA) is 71.1 Å². The van der Waals surface area contributed by atoms with Crippen molar-refractivity contribution in [3.8, 4) is 0 Å². The van der Waals surface area contributed by atoms with Gasteiger partial charge in [0, 0.05) is 22.6 Å². The van der Waals surface area contributed by atoms with Crippen molar-refractivity contribution in [1.82, 2.24) is 15.0 Å². The van der Waals surface area contributed by atoms with Gasteiger partial charge in [-0.15, -0.1) is 11.3 Å². The van der Waals surface area contributed by atoms with Crippen LogP contribution in [0.1, 0.15) is 16.3 Å². The number of hydrogen-bond donors (Lipinski definition) is 2.